The molecule has 1 fully saturated rings. The highest BCUT2D eigenvalue weighted by Gasteiger charge is 2.26. The van der Waals surface area contributed by atoms with E-state index < -0.39 is 0 Å². The Morgan fingerprint density at radius 2 is 2.05 bits per heavy atom. The predicted octanol–water partition coefficient (Wildman–Crippen LogP) is 4.30. The van der Waals surface area contributed by atoms with Crippen LogP contribution in [-0.4, -0.2) is 18.1 Å². The van der Waals surface area contributed by atoms with Gasteiger partial charge >= 0.3 is 0 Å². The largest absolute Gasteiger partial charge is 0.316 e. The van der Waals surface area contributed by atoms with Gasteiger partial charge in [0.2, 0.25) is 0 Å². The number of rotatable bonds is 5. The predicted molar refractivity (Wildman–Crippen MR) is 86.0 cm³/mol. The average Bonchev–Trinajstić information content (AvgIpc) is 2.64. The highest BCUT2D eigenvalue weighted by atomic mass is 14.9. The van der Waals surface area contributed by atoms with Gasteiger partial charge in [0.05, 0.1) is 0 Å². The van der Waals surface area contributed by atoms with Crippen molar-refractivity contribution in [2.24, 2.45) is 11.8 Å². The lowest BCUT2D eigenvalue weighted by Crippen LogP contribution is -2.29. The molecule has 1 saturated carbocycles. The van der Waals surface area contributed by atoms with Crippen LogP contribution in [0.2, 0.25) is 0 Å². The van der Waals surface area contributed by atoms with Gasteiger partial charge in [-0.3, -0.25) is 4.98 Å². The van der Waals surface area contributed by atoms with Crippen molar-refractivity contribution in [3.8, 4) is 0 Å². The van der Waals surface area contributed by atoms with Crippen molar-refractivity contribution in [2.45, 2.75) is 58.8 Å². The van der Waals surface area contributed by atoms with E-state index in [2.05, 4.69) is 43.3 Å². The molecule has 2 nitrogen and oxygen atoms in total. The zero-order chi connectivity index (χ0) is 14.4. The molecule has 1 heterocycles. The Labute approximate surface area is 124 Å². The lowest BCUT2D eigenvalue weighted by Gasteiger charge is -2.27. The maximum atomic E-state index is 4.37. The molecular formula is C18H30N2. The van der Waals surface area contributed by atoms with E-state index in [0.717, 1.165) is 24.9 Å². The van der Waals surface area contributed by atoms with Gasteiger partial charge in [-0.1, -0.05) is 33.1 Å². The van der Waals surface area contributed by atoms with Crippen molar-refractivity contribution in [3.05, 3.63) is 29.6 Å². The Kier molecular flexibility index (Phi) is 6.03. The quantitative estimate of drug-likeness (QED) is 0.810. The van der Waals surface area contributed by atoms with Crippen LogP contribution in [0.25, 0.3) is 0 Å². The summed E-state index contributed by atoms with van der Waals surface area (Å²) in [6.07, 6.45) is 10.9. The van der Waals surface area contributed by atoms with Crippen LogP contribution in [-0.2, 0) is 0 Å². The van der Waals surface area contributed by atoms with Crippen molar-refractivity contribution in [2.75, 3.05) is 13.1 Å². The van der Waals surface area contributed by atoms with Crippen molar-refractivity contribution >= 4 is 0 Å². The van der Waals surface area contributed by atoms with Gasteiger partial charge in [-0.25, -0.2) is 0 Å². The van der Waals surface area contributed by atoms with Crippen LogP contribution in [0, 0.1) is 18.8 Å². The molecule has 0 saturated heterocycles. The van der Waals surface area contributed by atoms with Gasteiger partial charge in [0, 0.05) is 12.4 Å². The van der Waals surface area contributed by atoms with Gasteiger partial charge in [-0.2, -0.15) is 0 Å². The topological polar surface area (TPSA) is 24.9 Å². The monoisotopic (exact) mass is 274 g/mol. The normalized spacial score (nSPS) is 23.8. The molecule has 1 aromatic heterocycles. The highest BCUT2D eigenvalue weighted by Crippen LogP contribution is 2.37. The van der Waals surface area contributed by atoms with E-state index in [-0.39, 0.29) is 0 Å². The number of hydrogen-bond acceptors (Lipinski definition) is 2. The molecule has 0 aromatic carbocycles. The fraction of sp³-hybridized carbons (Fsp3) is 0.722. The molecule has 2 heteroatoms. The Morgan fingerprint density at radius 1 is 1.25 bits per heavy atom. The maximum Gasteiger partial charge on any atom is 0.0305 e. The number of hydrogen-bond donors (Lipinski definition) is 1. The fourth-order valence-corrected chi connectivity index (χ4v) is 3.46. The third-order valence-corrected chi connectivity index (χ3v) is 4.60. The van der Waals surface area contributed by atoms with Crippen LogP contribution < -0.4 is 5.32 Å². The van der Waals surface area contributed by atoms with Crippen LogP contribution in [0.1, 0.15) is 63.0 Å². The van der Waals surface area contributed by atoms with E-state index in [1.807, 2.05) is 6.20 Å². The Hall–Kier alpha value is -0.890. The van der Waals surface area contributed by atoms with E-state index in [9.17, 15) is 0 Å². The summed E-state index contributed by atoms with van der Waals surface area (Å²) in [4.78, 5) is 4.37. The first-order valence-electron chi connectivity index (χ1n) is 8.29. The van der Waals surface area contributed by atoms with Crippen molar-refractivity contribution in [1.29, 1.82) is 0 Å². The average molecular weight is 274 g/mol. The summed E-state index contributed by atoms with van der Waals surface area (Å²) in [7, 11) is 0. The summed E-state index contributed by atoms with van der Waals surface area (Å²) in [6.45, 7) is 9.10. The van der Waals surface area contributed by atoms with E-state index >= 15 is 0 Å². The molecule has 1 aliphatic carbocycles. The van der Waals surface area contributed by atoms with Gasteiger partial charge < -0.3 is 5.32 Å². The first-order valence-corrected chi connectivity index (χ1v) is 8.29. The number of nitrogens with zero attached hydrogens (tertiary/aromatic N) is 1. The molecule has 2 atom stereocenters. The molecule has 1 aliphatic rings. The van der Waals surface area contributed by atoms with Crippen LogP contribution in [0.4, 0.5) is 0 Å². The van der Waals surface area contributed by atoms with Gasteiger partial charge in [0.1, 0.15) is 0 Å². The van der Waals surface area contributed by atoms with E-state index in [0.29, 0.717) is 5.92 Å². The van der Waals surface area contributed by atoms with Crippen molar-refractivity contribution < 1.29 is 0 Å². The maximum absolute atomic E-state index is 4.37. The van der Waals surface area contributed by atoms with E-state index in [4.69, 9.17) is 0 Å². The molecule has 2 unspecified atom stereocenters. The smallest absolute Gasteiger partial charge is 0.0305 e. The first-order chi connectivity index (χ1) is 9.68. The second-order valence-corrected chi connectivity index (χ2v) is 6.79. The van der Waals surface area contributed by atoms with Crippen molar-refractivity contribution in [1.82, 2.24) is 10.3 Å². The Bertz CT molecular complexity index is 400. The van der Waals surface area contributed by atoms with Gasteiger partial charge in [0.15, 0.2) is 0 Å². The summed E-state index contributed by atoms with van der Waals surface area (Å²) < 4.78 is 0. The molecule has 1 N–H and O–H groups in total. The molecule has 2 rings (SSSR count). The van der Waals surface area contributed by atoms with Crippen LogP contribution in [0.15, 0.2) is 18.5 Å². The molecule has 0 spiro atoms. The summed E-state index contributed by atoms with van der Waals surface area (Å²) in [6, 6.07) is 2.17. The van der Waals surface area contributed by atoms with Gasteiger partial charge in [-0.05, 0) is 67.8 Å². The summed E-state index contributed by atoms with van der Waals surface area (Å²) in [5.74, 6) is 2.21. The second-order valence-electron chi connectivity index (χ2n) is 6.79. The Balaban J connectivity index is 2.07. The molecule has 0 radical (unpaired) electrons. The third kappa shape index (κ3) is 4.31. The molecule has 0 bridgehead atoms. The molecule has 20 heavy (non-hydrogen) atoms. The van der Waals surface area contributed by atoms with Crippen molar-refractivity contribution in [3.63, 3.8) is 0 Å². The number of pyridine rings is 1. The van der Waals surface area contributed by atoms with Crippen LogP contribution in [0.3, 0.4) is 0 Å². The molecule has 1 aromatic rings. The Morgan fingerprint density at radius 3 is 2.80 bits per heavy atom. The number of nitrogens with one attached hydrogen (secondary N) is 1. The first kappa shape index (κ1) is 15.5. The summed E-state index contributed by atoms with van der Waals surface area (Å²) >= 11 is 0. The fourth-order valence-electron chi connectivity index (χ4n) is 3.46. The zero-order valence-electron chi connectivity index (χ0n) is 13.4. The second kappa shape index (κ2) is 7.78. The van der Waals surface area contributed by atoms with E-state index in [1.165, 1.54) is 43.2 Å². The van der Waals surface area contributed by atoms with Gasteiger partial charge in [0.25, 0.3) is 0 Å². The van der Waals surface area contributed by atoms with Gasteiger partial charge in [-0.15, -0.1) is 0 Å². The van der Waals surface area contributed by atoms with Crippen LogP contribution >= 0.6 is 0 Å². The molecule has 112 valence electrons. The molecule has 0 aliphatic heterocycles. The molecular weight excluding hydrogens is 244 g/mol. The lowest BCUT2D eigenvalue weighted by molar-refractivity contribution is 0.365. The lowest BCUT2D eigenvalue weighted by atomic mass is 9.81. The highest BCUT2D eigenvalue weighted by molar-refractivity contribution is 5.26. The number of aromatic nitrogens is 1. The summed E-state index contributed by atoms with van der Waals surface area (Å²) in [5, 5.41) is 3.68. The minimum atomic E-state index is 0.700. The van der Waals surface area contributed by atoms with E-state index in [1.54, 1.807) is 0 Å². The minimum Gasteiger partial charge on any atom is -0.316 e. The van der Waals surface area contributed by atoms with Crippen LogP contribution in [0.5, 0.6) is 0 Å². The third-order valence-electron chi connectivity index (χ3n) is 4.60. The zero-order valence-corrected chi connectivity index (χ0v) is 13.4. The minimum absolute atomic E-state index is 0.700. The number of aryl methyl sites for hydroxylation is 1. The SMILES string of the molecule is Cc1ccncc1C1CCCCCC1CNCC(C)C. The molecule has 0 amide bonds. The standard InChI is InChI=1S/C18H30N2/c1-14(2)11-20-12-16-7-5-4-6-8-17(16)18-13-19-10-9-15(18)3/h9-10,13-14,16-17,20H,4-8,11-12H2,1-3H3. The summed E-state index contributed by atoms with van der Waals surface area (Å²) in [5.41, 5.74) is 2.91.